The standard InChI is InChI=1S/C31H36ClF3N6O3S/c1-4-44-30(43)20(3)39-8-10-40(11-9-39)27-17-36-24(16-37-27)25(42)15-28-38-29(26(45-28)18-41-7-5-6-19(41)2)21-12-22(31(33,34)35)14-23(32)13-21/h12-14,16-17,19-20H,4-11,15,18H2,1-3H3/t19-,20?/m1/s1. The summed E-state index contributed by atoms with van der Waals surface area (Å²) >= 11 is 7.44. The molecule has 5 rings (SSSR count). The van der Waals surface area contributed by atoms with Gasteiger partial charge in [0.1, 0.15) is 22.6 Å². The van der Waals surface area contributed by atoms with Crippen LogP contribution in [0.5, 0.6) is 0 Å². The first-order chi connectivity index (χ1) is 21.4. The first kappa shape index (κ1) is 33.2. The van der Waals surface area contributed by atoms with Gasteiger partial charge >= 0.3 is 12.1 Å². The van der Waals surface area contributed by atoms with Crippen molar-refractivity contribution in [3.63, 3.8) is 0 Å². The second kappa shape index (κ2) is 14.1. The Morgan fingerprint density at radius 1 is 1.11 bits per heavy atom. The van der Waals surface area contributed by atoms with Crippen molar-refractivity contribution < 1.29 is 27.5 Å². The number of ether oxygens (including phenoxy) is 1. The summed E-state index contributed by atoms with van der Waals surface area (Å²) < 4.78 is 45.9. The predicted octanol–water partition coefficient (Wildman–Crippen LogP) is 5.76. The molecular formula is C31H36ClF3N6O3S. The average Bonchev–Trinajstić information content (AvgIpc) is 3.61. The van der Waals surface area contributed by atoms with Crippen molar-refractivity contribution in [1.82, 2.24) is 24.8 Å². The molecule has 14 heteroatoms. The Kier molecular flexibility index (Phi) is 10.4. The molecular weight excluding hydrogens is 629 g/mol. The van der Waals surface area contributed by atoms with Crippen LogP contribution in [0.15, 0.2) is 30.6 Å². The number of anilines is 1. The van der Waals surface area contributed by atoms with Gasteiger partial charge < -0.3 is 9.64 Å². The maximum absolute atomic E-state index is 13.6. The largest absolute Gasteiger partial charge is 0.465 e. The van der Waals surface area contributed by atoms with Gasteiger partial charge in [0.2, 0.25) is 0 Å². The molecule has 0 N–H and O–H groups in total. The topological polar surface area (TPSA) is 91.8 Å². The van der Waals surface area contributed by atoms with Gasteiger partial charge in [0.15, 0.2) is 5.78 Å². The van der Waals surface area contributed by atoms with Gasteiger partial charge in [0.05, 0.1) is 36.7 Å². The van der Waals surface area contributed by atoms with Crippen molar-refractivity contribution in [3.8, 4) is 11.3 Å². The zero-order valence-electron chi connectivity index (χ0n) is 25.4. The van der Waals surface area contributed by atoms with E-state index in [4.69, 9.17) is 16.3 Å². The van der Waals surface area contributed by atoms with Crippen molar-refractivity contribution in [2.45, 2.75) is 64.8 Å². The van der Waals surface area contributed by atoms with Crippen LogP contribution in [-0.4, -0.2) is 87.9 Å². The lowest BCUT2D eigenvalue weighted by Gasteiger charge is -2.37. The van der Waals surface area contributed by atoms with Gasteiger partial charge in [0, 0.05) is 54.2 Å². The summed E-state index contributed by atoms with van der Waals surface area (Å²) in [4.78, 5) is 46.0. The average molecular weight is 665 g/mol. The van der Waals surface area contributed by atoms with Gasteiger partial charge in [-0.15, -0.1) is 11.3 Å². The van der Waals surface area contributed by atoms with Crippen LogP contribution in [-0.2, 0) is 28.7 Å². The number of carbonyl (C=O) groups is 2. The number of benzene rings is 1. The fourth-order valence-electron chi connectivity index (χ4n) is 5.72. The Bertz CT molecular complexity index is 1510. The van der Waals surface area contributed by atoms with E-state index in [-0.39, 0.29) is 40.5 Å². The quantitative estimate of drug-likeness (QED) is 0.198. The van der Waals surface area contributed by atoms with Crippen LogP contribution >= 0.6 is 22.9 Å². The zero-order chi connectivity index (χ0) is 32.3. The summed E-state index contributed by atoms with van der Waals surface area (Å²) in [5.41, 5.74) is 0.0172. The molecule has 3 aromatic rings. The Hall–Kier alpha value is -3.13. The van der Waals surface area contributed by atoms with Crippen molar-refractivity contribution in [2.75, 3.05) is 44.2 Å². The lowest BCUT2D eigenvalue weighted by Crippen LogP contribution is -2.52. The Morgan fingerprint density at radius 3 is 2.49 bits per heavy atom. The molecule has 2 saturated heterocycles. The van der Waals surface area contributed by atoms with E-state index in [1.165, 1.54) is 23.6 Å². The zero-order valence-corrected chi connectivity index (χ0v) is 27.0. The summed E-state index contributed by atoms with van der Waals surface area (Å²) in [6.45, 7) is 10.1. The fourth-order valence-corrected chi connectivity index (χ4v) is 7.07. The number of esters is 1. The molecule has 0 bridgehead atoms. The van der Waals surface area contributed by atoms with Crippen LogP contribution < -0.4 is 4.90 Å². The summed E-state index contributed by atoms with van der Waals surface area (Å²) in [5.74, 6) is 0.109. The number of carbonyl (C=O) groups excluding carboxylic acids is 2. The predicted molar refractivity (Wildman–Crippen MR) is 167 cm³/mol. The smallest absolute Gasteiger partial charge is 0.416 e. The molecule has 0 aliphatic carbocycles. The van der Waals surface area contributed by atoms with E-state index < -0.39 is 11.7 Å². The molecule has 0 saturated carbocycles. The van der Waals surface area contributed by atoms with Crippen LogP contribution in [0, 0.1) is 0 Å². The molecule has 9 nitrogen and oxygen atoms in total. The second-order valence-electron chi connectivity index (χ2n) is 11.4. The lowest BCUT2D eigenvalue weighted by atomic mass is 10.1. The van der Waals surface area contributed by atoms with Crippen LogP contribution in [0.25, 0.3) is 11.3 Å². The molecule has 2 aliphatic rings. The molecule has 4 heterocycles. The molecule has 0 spiro atoms. The minimum Gasteiger partial charge on any atom is -0.465 e. The Morgan fingerprint density at radius 2 is 1.87 bits per heavy atom. The number of hydrogen-bond donors (Lipinski definition) is 0. The number of Topliss-reactive ketones (excluding diaryl/α,β-unsaturated/α-hetero) is 1. The van der Waals surface area contributed by atoms with Crippen molar-refractivity contribution in [3.05, 3.63) is 56.8 Å². The molecule has 0 radical (unpaired) electrons. The number of halogens is 4. The fraction of sp³-hybridized carbons (Fsp3) is 0.516. The highest BCUT2D eigenvalue weighted by atomic mass is 35.5. The van der Waals surface area contributed by atoms with Gasteiger partial charge in [-0.3, -0.25) is 19.4 Å². The number of thiazole rings is 1. The molecule has 2 aromatic heterocycles. The number of aromatic nitrogens is 3. The van der Waals surface area contributed by atoms with E-state index in [0.717, 1.165) is 36.4 Å². The van der Waals surface area contributed by atoms with E-state index in [2.05, 4.69) is 36.6 Å². The molecule has 45 heavy (non-hydrogen) atoms. The van der Waals surface area contributed by atoms with Gasteiger partial charge in [-0.25, -0.2) is 15.0 Å². The number of alkyl halides is 3. The van der Waals surface area contributed by atoms with E-state index in [9.17, 15) is 22.8 Å². The van der Waals surface area contributed by atoms with Gasteiger partial charge in [-0.05, 0) is 58.4 Å². The lowest BCUT2D eigenvalue weighted by molar-refractivity contribution is -0.149. The van der Waals surface area contributed by atoms with E-state index in [0.29, 0.717) is 61.9 Å². The Balaban J connectivity index is 1.30. The Labute approximate surface area is 269 Å². The van der Waals surface area contributed by atoms with Gasteiger partial charge in [0.25, 0.3) is 0 Å². The number of rotatable bonds is 10. The van der Waals surface area contributed by atoms with Gasteiger partial charge in [-0.1, -0.05) is 11.6 Å². The summed E-state index contributed by atoms with van der Waals surface area (Å²) in [6, 6.07) is 3.46. The maximum atomic E-state index is 13.6. The van der Waals surface area contributed by atoms with E-state index in [1.54, 1.807) is 13.1 Å². The third-order valence-corrected chi connectivity index (χ3v) is 9.59. The summed E-state index contributed by atoms with van der Waals surface area (Å²) in [6.07, 6.45) is 0.490. The normalized spacial score (nSPS) is 18.7. The van der Waals surface area contributed by atoms with Gasteiger partial charge in [-0.2, -0.15) is 13.2 Å². The minimum atomic E-state index is -4.56. The molecule has 1 aromatic carbocycles. The highest BCUT2D eigenvalue weighted by Crippen LogP contribution is 2.38. The first-order valence-corrected chi connectivity index (χ1v) is 16.2. The molecule has 2 aliphatic heterocycles. The second-order valence-corrected chi connectivity index (χ2v) is 13.0. The SMILES string of the molecule is CCOC(=O)C(C)N1CCN(c2cnc(C(=O)Cc3nc(-c4cc(Cl)cc(C(F)(F)F)c4)c(CN4CCC[C@H]4C)s3)cn2)CC1. The first-order valence-electron chi connectivity index (χ1n) is 15.0. The van der Waals surface area contributed by atoms with Crippen molar-refractivity contribution in [2.24, 2.45) is 0 Å². The van der Waals surface area contributed by atoms with Crippen LogP contribution in [0.4, 0.5) is 19.0 Å². The maximum Gasteiger partial charge on any atom is 0.416 e. The summed E-state index contributed by atoms with van der Waals surface area (Å²) in [5, 5.41) is 0.458. The molecule has 242 valence electrons. The molecule has 2 atom stereocenters. The number of hydrogen-bond acceptors (Lipinski definition) is 10. The number of ketones is 1. The minimum absolute atomic E-state index is 0.0313. The third-order valence-electron chi connectivity index (χ3n) is 8.33. The van der Waals surface area contributed by atoms with Crippen molar-refractivity contribution in [1.29, 1.82) is 0 Å². The molecule has 1 unspecified atom stereocenters. The monoisotopic (exact) mass is 664 g/mol. The highest BCUT2D eigenvalue weighted by Gasteiger charge is 2.32. The van der Waals surface area contributed by atoms with Crippen LogP contribution in [0.3, 0.4) is 0 Å². The molecule has 2 fully saturated rings. The highest BCUT2D eigenvalue weighted by molar-refractivity contribution is 7.12. The van der Waals surface area contributed by atoms with Crippen molar-refractivity contribution >= 4 is 40.5 Å². The van der Waals surface area contributed by atoms with Crippen LogP contribution in [0.2, 0.25) is 5.02 Å². The third kappa shape index (κ3) is 8.00. The molecule has 0 amide bonds. The van der Waals surface area contributed by atoms with E-state index >= 15 is 0 Å². The number of likely N-dealkylation sites (tertiary alicyclic amines) is 1. The summed E-state index contributed by atoms with van der Waals surface area (Å²) in [7, 11) is 0. The number of nitrogens with zero attached hydrogens (tertiary/aromatic N) is 6. The number of piperazine rings is 1. The van der Waals surface area contributed by atoms with E-state index in [1.807, 2.05) is 6.92 Å². The van der Waals surface area contributed by atoms with Crippen LogP contribution in [0.1, 0.15) is 59.5 Å².